The molecule has 2 aromatic heterocycles. The zero-order chi connectivity index (χ0) is 21.2. The van der Waals surface area contributed by atoms with Crippen LogP contribution in [0.4, 0.5) is 10.7 Å². The Morgan fingerprint density at radius 1 is 1.14 bits per heavy atom. The first-order valence-corrected chi connectivity index (χ1v) is 9.56. The topological polar surface area (TPSA) is 98.5 Å². The fraction of sp³-hybridized carbons (Fsp3) is 0.579. The van der Waals surface area contributed by atoms with Gasteiger partial charge in [0.05, 0.1) is 13.7 Å². The lowest BCUT2D eigenvalue weighted by molar-refractivity contribution is 0.0239. The van der Waals surface area contributed by atoms with E-state index in [4.69, 9.17) is 14.2 Å². The molecule has 10 nitrogen and oxygen atoms in total. The average molecular weight is 405 g/mol. The lowest BCUT2D eigenvalue weighted by atomic mass is 10.2. The summed E-state index contributed by atoms with van der Waals surface area (Å²) >= 11 is 0. The standard InChI is InChI=1S/C19H27N5O5/c1-6-28-16(25)13-12-24-14(20-13)11-15(27-5)21-17(24)22-7-9-23(10-8-22)18(26)29-19(2,3)4/h11-12H,6-10H2,1-5H3. The predicted octanol–water partition coefficient (Wildman–Crippen LogP) is 1.97. The molecule has 158 valence electrons. The number of methoxy groups -OCH3 is 1. The molecule has 2 aromatic rings. The highest BCUT2D eigenvalue weighted by atomic mass is 16.6. The monoisotopic (exact) mass is 405 g/mol. The molecule has 29 heavy (non-hydrogen) atoms. The van der Waals surface area contributed by atoms with E-state index in [9.17, 15) is 9.59 Å². The lowest BCUT2D eigenvalue weighted by Gasteiger charge is -2.36. The van der Waals surface area contributed by atoms with Crippen molar-refractivity contribution in [1.29, 1.82) is 0 Å². The van der Waals surface area contributed by atoms with E-state index < -0.39 is 11.6 Å². The number of nitrogens with zero attached hydrogens (tertiary/aromatic N) is 5. The molecule has 1 fully saturated rings. The zero-order valence-corrected chi connectivity index (χ0v) is 17.5. The van der Waals surface area contributed by atoms with Crippen LogP contribution in [0.5, 0.6) is 5.88 Å². The first kappa shape index (κ1) is 20.7. The fourth-order valence-corrected chi connectivity index (χ4v) is 3.00. The van der Waals surface area contributed by atoms with E-state index in [0.717, 1.165) is 0 Å². The molecule has 1 aliphatic rings. The van der Waals surface area contributed by atoms with E-state index >= 15 is 0 Å². The molecule has 1 saturated heterocycles. The molecule has 1 aliphatic heterocycles. The minimum absolute atomic E-state index is 0.204. The number of hydrogen-bond acceptors (Lipinski definition) is 8. The van der Waals surface area contributed by atoms with Crippen molar-refractivity contribution in [1.82, 2.24) is 19.3 Å². The van der Waals surface area contributed by atoms with Gasteiger partial charge in [-0.1, -0.05) is 0 Å². The molecule has 0 saturated carbocycles. The third-order valence-corrected chi connectivity index (χ3v) is 4.32. The van der Waals surface area contributed by atoms with E-state index in [1.807, 2.05) is 25.7 Å². The Hall–Kier alpha value is -3.04. The van der Waals surface area contributed by atoms with Crippen LogP contribution in [0.2, 0.25) is 0 Å². The average Bonchev–Trinajstić information content (AvgIpc) is 3.10. The van der Waals surface area contributed by atoms with Crippen LogP contribution in [-0.2, 0) is 9.47 Å². The first-order valence-electron chi connectivity index (χ1n) is 9.56. The second-order valence-corrected chi connectivity index (χ2v) is 7.63. The van der Waals surface area contributed by atoms with Crippen molar-refractivity contribution in [2.24, 2.45) is 0 Å². The van der Waals surface area contributed by atoms with E-state index in [2.05, 4.69) is 9.97 Å². The van der Waals surface area contributed by atoms with Crippen LogP contribution in [0, 0.1) is 0 Å². The van der Waals surface area contributed by atoms with Gasteiger partial charge in [0.1, 0.15) is 11.2 Å². The number of ether oxygens (including phenoxy) is 3. The van der Waals surface area contributed by atoms with E-state index in [1.165, 1.54) is 7.11 Å². The van der Waals surface area contributed by atoms with Gasteiger partial charge in [0, 0.05) is 38.4 Å². The second-order valence-electron chi connectivity index (χ2n) is 7.63. The van der Waals surface area contributed by atoms with Gasteiger partial charge in [0.15, 0.2) is 5.69 Å². The Kier molecular flexibility index (Phi) is 5.81. The SMILES string of the molecule is CCOC(=O)c1cn2c(N3CCN(C(=O)OC(C)(C)C)CC3)nc(OC)cc2n1. The maximum absolute atomic E-state index is 12.3. The molecule has 3 rings (SSSR count). The molecule has 0 aromatic carbocycles. The molecule has 0 unspecified atom stereocenters. The van der Waals surface area contributed by atoms with E-state index in [1.54, 1.807) is 28.5 Å². The van der Waals surface area contributed by atoms with Gasteiger partial charge in [-0.25, -0.2) is 14.6 Å². The predicted molar refractivity (Wildman–Crippen MR) is 106 cm³/mol. The summed E-state index contributed by atoms with van der Waals surface area (Å²) in [6.45, 7) is 9.66. The van der Waals surface area contributed by atoms with Gasteiger partial charge >= 0.3 is 12.1 Å². The summed E-state index contributed by atoms with van der Waals surface area (Å²) < 4.78 is 17.5. The third kappa shape index (κ3) is 4.69. The van der Waals surface area contributed by atoms with Gasteiger partial charge in [-0.2, -0.15) is 4.98 Å². The Morgan fingerprint density at radius 2 is 1.83 bits per heavy atom. The normalized spacial score (nSPS) is 14.8. The number of rotatable bonds is 4. The van der Waals surface area contributed by atoms with Crippen LogP contribution >= 0.6 is 0 Å². The summed E-state index contributed by atoms with van der Waals surface area (Å²) in [7, 11) is 1.53. The number of piperazine rings is 1. The number of aromatic nitrogens is 3. The van der Waals surface area contributed by atoms with Gasteiger partial charge in [-0.05, 0) is 27.7 Å². The second kappa shape index (κ2) is 8.14. The van der Waals surface area contributed by atoms with Crippen molar-refractivity contribution < 1.29 is 23.8 Å². The molecular formula is C19H27N5O5. The number of anilines is 1. The van der Waals surface area contributed by atoms with Crippen LogP contribution in [-0.4, -0.2) is 76.8 Å². The first-order chi connectivity index (χ1) is 13.7. The number of hydrogen-bond donors (Lipinski definition) is 0. The molecule has 1 amide bonds. The Balaban J connectivity index is 1.82. The summed E-state index contributed by atoms with van der Waals surface area (Å²) in [5.41, 5.74) is 0.203. The Bertz CT molecular complexity index is 896. The summed E-state index contributed by atoms with van der Waals surface area (Å²) in [6.07, 6.45) is 1.28. The number of carbonyl (C=O) groups excluding carboxylic acids is 2. The summed E-state index contributed by atoms with van der Waals surface area (Å²) in [5, 5.41) is 0. The molecule has 0 atom stereocenters. The molecule has 0 radical (unpaired) electrons. The molecule has 0 N–H and O–H groups in total. The molecule has 0 bridgehead atoms. The summed E-state index contributed by atoms with van der Waals surface area (Å²) in [4.78, 5) is 36.9. The molecule has 10 heteroatoms. The summed E-state index contributed by atoms with van der Waals surface area (Å²) in [5.74, 6) is 0.491. The van der Waals surface area contributed by atoms with E-state index in [-0.39, 0.29) is 18.4 Å². The fourth-order valence-electron chi connectivity index (χ4n) is 3.00. The van der Waals surface area contributed by atoms with Crippen molar-refractivity contribution in [2.75, 3.05) is 44.8 Å². The van der Waals surface area contributed by atoms with E-state index in [0.29, 0.717) is 43.7 Å². The quantitative estimate of drug-likeness (QED) is 0.712. The zero-order valence-electron chi connectivity index (χ0n) is 17.5. The van der Waals surface area contributed by atoms with Gasteiger partial charge in [0.25, 0.3) is 0 Å². The molecule has 0 spiro atoms. The molecule has 3 heterocycles. The van der Waals surface area contributed by atoms with Gasteiger partial charge in [-0.3, -0.25) is 4.40 Å². The number of imidazole rings is 1. The highest BCUT2D eigenvalue weighted by Gasteiger charge is 2.28. The van der Waals surface area contributed by atoms with Crippen molar-refractivity contribution in [3.63, 3.8) is 0 Å². The summed E-state index contributed by atoms with van der Waals surface area (Å²) in [6, 6.07) is 1.66. The minimum atomic E-state index is -0.533. The third-order valence-electron chi connectivity index (χ3n) is 4.32. The smallest absolute Gasteiger partial charge is 0.410 e. The van der Waals surface area contributed by atoms with Crippen LogP contribution in [0.15, 0.2) is 12.3 Å². The lowest BCUT2D eigenvalue weighted by Crippen LogP contribution is -2.50. The van der Waals surface area contributed by atoms with Crippen LogP contribution in [0.1, 0.15) is 38.2 Å². The maximum atomic E-state index is 12.3. The Labute approximate surface area is 169 Å². The Morgan fingerprint density at radius 3 is 2.41 bits per heavy atom. The molecule has 0 aliphatic carbocycles. The van der Waals surface area contributed by atoms with Crippen LogP contribution < -0.4 is 9.64 Å². The maximum Gasteiger partial charge on any atom is 0.410 e. The van der Waals surface area contributed by atoms with Crippen LogP contribution in [0.25, 0.3) is 5.65 Å². The van der Waals surface area contributed by atoms with Crippen molar-refractivity contribution >= 4 is 23.7 Å². The number of fused-ring (bicyclic) bond motifs is 1. The van der Waals surface area contributed by atoms with Crippen molar-refractivity contribution in [3.8, 4) is 5.88 Å². The van der Waals surface area contributed by atoms with Crippen molar-refractivity contribution in [3.05, 3.63) is 18.0 Å². The minimum Gasteiger partial charge on any atom is -0.481 e. The number of esters is 1. The van der Waals surface area contributed by atoms with Crippen LogP contribution in [0.3, 0.4) is 0 Å². The molecular weight excluding hydrogens is 378 g/mol. The largest absolute Gasteiger partial charge is 0.481 e. The number of amides is 1. The van der Waals surface area contributed by atoms with Crippen molar-refractivity contribution in [2.45, 2.75) is 33.3 Å². The van der Waals surface area contributed by atoms with Gasteiger partial charge in [-0.15, -0.1) is 0 Å². The number of carbonyl (C=O) groups is 2. The van der Waals surface area contributed by atoms with Gasteiger partial charge < -0.3 is 24.0 Å². The van der Waals surface area contributed by atoms with Gasteiger partial charge in [0.2, 0.25) is 11.8 Å². The highest BCUT2D eigenvalue weighted by Crippen LogP contribution is 2.23. The highest BCUT2D eigenvalue weighted by molar-refractivity contribution is 5.88.